The third kappa shape index (κ3) is 6.80. The molecule has 9 nitrogen and oxygen atoms in total. The van der Waals surface area contributed by atoms with Gasteiger partial charge in [-0.1, -0.05) is 42.0 Å². The SMILES string of the molecule is COc1ccccc1NC(=O)CN1C(=O)S/C(=C/c2ccc(OCC(=O)Nc3ccc(C)cc3)cc2)C1=O. The molecule has 3 aromatic carbocycles. The topological polar surface area (TPSA) is 114 Å². The predicted octanol–water partition coefficient (Wildman–Crippen LogP) is 4.70. The molecule has 194 valence electrons. The average molecular weight is 532 g/mol. The van der Waals surface area contributed by atoms with E-state index in [4.69, 9.17) is 9.47 Å². The zero-order valence-electron chi connectivity index (χ0n) is 20.7. The van der Waals surface area contributed by atoms with Gasteiger partial charge >= 0.3 is 0 Å². The minimum absolute atomic E-state index is 0.164. The Hall–Kier alpha value is -4.57. The van der Waals surface area contributed by atoms with E-state index in [2.05, 4.69) is 10.6 Å². The molecule has 1 fully saturated rings. The van der Waals surface area contributed by atoms with Crippen LogP contribution in [0.5, 0.6) is 11.5 Å². The van der Waals surface area contributed by atoms with Gasteiger partial charge in [0.15, 0.2) is 6.61 Å². The first-order valence-corrected chi connectivity index (χ1v) is 12.4. The normalized spacial score (nSPS) is 13.9. The highest BCUT2D eigenvalue weighted by atomic mass is 32.2. The number of imide groups is 1. The van der Waals surface area contributed by atoms with Gasteiger partial charge < -0.3 is 20.1 Å². The van der Waals surface area contributed by atoms with Gasteiger partial charge in [-0.2, -0.15) is 0 Å². The molecule has 0 saturated carbocycles. The van der Waals surface area contributed by atoms with Gasteiger partial charge in [-0.25, -0.2) is 0 Å². The van der Waals surface area contributed by atoms with Crippen molar-refractivity contribution >= 4 is 52.2 Å². The molecule has 0 unspecified atom stereocenters. The molecule has 4 rings (SSSR count). The number of hydrogen-bond acceptors (Lipinski definition) is 7. The minimum Gasteiger partial charge on any atom is -0.495 e. The Kier molecular flexibility index (Phi) is 8.44. The van der Waals surface area contributed by atoms with Crippen LogP contribution in [0.4, 0.5) is 16.2 Å². The molecule has 0 radical (unpaired) electrons. The Morgan fingerprint density at radius 2 is 1.63 bits per heavy atom. The van der Waals surface area contributed by atoms with Crippen molar-refractivity contribution in [2.45, 2.75) is 6.92 Å². The summed E-state index contributed by atoms with van der Waals surface area (Å²) in [6.07, 6.45) is 1.57. The molecule has 2 N–H and O–H groups in total. The van der Waals surface area contributed by atoms with Gasteiger partial charge in [0.05, 0.1) is 17.7 Å². The second-order valence-corrected chi connectivity index (χ2v) is 9.28. The molecule has 0 spiro atoms. The molecular weight excluding hydrogens is 506 g/mol. The number of ether oxygens (including phenoxy) is 2. The summed E-state index contributed by atoms with van der Waals surface area (Å²) in [4.78, 5) is 50.9. The molecule has 10 heteroatoms. The predicted molar refractivity (Wildman–Crippen MR) is 146 cm³/mol. The van der Waals surface area contributed by atoms with Crippen LogP contribution in [0.1, 0.15) is 11.1 Å². The second kappa shape index (κ2) is 12.1. The summed E-state index contributed by atoms with van der Waals surface area (Å²) in [5, 5.41) is 4.88. The number of amides is 4. The van der Waals surface area contributed by atoms with Crippen LogP contribution in [-0.4, -0.2) is 48.1 Å². The zero-order valence-corrected chi connectivity index (χ0v) is 21.5. The molecule has 0 aromatic heterocycles. The Labute approximate surface area is 223 Å². The number of benzene rings is 3. The van der Waals surface area contributed by atoms with E-state index in [1.54, 1.807) is 54.6 Å². The molecule has 1 saturated heterocycles. The lowest BCUT2D eigenvalue weighted by Gasteiger charge is -2.14. The molecule has 1 aliphatic heterocycles. The van der Waals surface area contributed by atoms with Gasteiger partial charge in [0.1, 0.15) is 18.0 Å². The van der Waals surface area contributed by atoms with Crippen LogP contribution in [0, 0.1) is 6.92 Å². The maximum absolute atomic E-state index is 12.8. The van der Waals surface area contributed by atoms with Crippen molar-refractivity contribution in [3.8, 4) is 11.5 Å². The highest BCUT2D eigenvalue weighted by Gasteiger charge is 2.36. The summed E-state index contributed by atoms with van der Waals surface area (Å²) in [7, 11) is 1.48. The van der Waals surface area contributed by atoms with Crippen LogP contribution in [0.15, 0.2) is 77.7 Å². The maximum Gasteiger partial charge on any atom is 0.294 e. The fraction of sp³-hybridized carbons (Fsp3) is 0.143. The number of anilines is 2. The molecule has 1 aliphatic rings. The van der Waals surface area contributed by atoms with Crippen LogP contribution in [0.2, 0.25) is 0 Å². The summed E-state index contributed by atoms with van der Waals surface area (Å²) in [6, 6.07) is 21.0. The largest absolute Gasteiger partial charge is 0.495 e. The highest BCUT2D eigenvalue weighted by Crippen LogP contribution is 2.32. The third-order valence-corrected chi connectivity index (χ3v) is 6.35. The minimum atomic E-state index is -0.553. The van der Waals surface area contributed by atoms with Gasteiger partial charge in [0.2, 0.25) is 5.91 Å². The number of methoxy groups -OCH3 is 1. The van der Waals surface area contributed by atoms with Crippen molar-refractivity contribution in [3.63, 3.8) is 0 Å². The molecular formula is C28H25N3O6S. The van der Waals surface area contributed by atoms with E-state index in [1.807, 2.05) is 31.2 Å². The Balaban J connectivity index is 1.31. The summed E-state index contributed by atoms with van der Waals surface area (Å²) in [6.45, 7) is 1.38. The third-order valence-electron chi connectivity index (χ3n) is 5.44. The number of rotatable bonds is 9. The number of nitrogens with zero attached hydrogens (tertiary/aromatic N) is 1. The van der Waals surface area contributed by atoms with E-state index in [-0.39, 0.29) is 17.4 Å². The van der Waals surface area contributed by atoms with Gasteiger partial charge in [-0.05, 0) is 66.7 Å². The smallest absolute Gasteiger partial charge is 0.294 e. The van der Waals surface area contributed by atoms with Crippen molar-refractivity contribution in [2.24, 2.45) is 0 Å². The van der Waals surface area contributed by atoms with Crippen molar-refractivity contribution in [1.82, 2.24) is 4.90 Å². The molecule has 38 heavy (non-hydrogen) atoms. The maximum atomic E-state index is 12.8. The fourth-order valence-corrected chi connectivity index (χ4v) is 4.35. The van der Waals surface area contributed by atoms with Gasteiger partial charge in [0, 0.05) is 5.69 Å². The van der Waals surface area contributed by atoms with Crippen molar-refractivity contribution in [3.05, 3.63) is 88.8 Å². The van der Waals surface area contributed by atoms with E-state index in [1.165, 1.54) is 7.11 Å². The van der Waals surface area contributed by atoms with Crippen molar-refractivity contribution in [2.75, 3.05) is 30.9 Å². The van der Waals surface area contributed by atoms with Crippen LogP contribution < -0.4 is 20.1 Å². The van der Waals surface area contributed by atoms with E-state index in [0.29, 0.717) is 28.4 Å². The molecule has 1 heterocycles. The monoisotopic (exact) mass is 531 g/mol. The molecule has 4 amide bonds. The van der Waals surface area contributed by atoms with Gasteiger partial charge in [-0.3, -0.25) is 24.1 Å². The molecule has 0 aliphatic carbocycles. The average Bonchev–Trinajstić information content (AvgIpc) is 3.17. The quantitative estimate of drug-likeness (QED) is 0.385. The number of nitrogens with one attached hydrogen (secondary N) is 2. The lowest BCUT2D eigenvalue weighted by molar-refractivity contribution is -0.127. The first-order valence-electron chi connectivity index (χ1n) is 11.6. The number of para-hydroxylation sites is 2. The number of thioether (sulfide) groups is 1. The standard InChI is InChI=1S/C28H25N3O6S/c1-18-7-11-20(12-8-18)29-26(33)17-37-21-13-9-19(10-14-21)15-24-27(34)31(28(35)38-24)16-25(32)30-22-5-3-4-6-23(22)36-2/h3-15H,16-17H2,1-2H3,(H,29,33)(H,30,32)/b24-15+. The lowest BCUT2D eigenvalue weighted by atomic mass is 10.2. The molecule has 0 bridgehead atoms. The summed E-state index contributed by atoms with van der Waals surface area (Å²) in [5.41, 5.74) is 2.88. The first kappa shape index (κ1) is 26.5. The van der Waals surface area contributed by atoms with Crippen molar-refractivity contribution in [1.29, 1.82) is 0 Å². The van der Waals surface area contributed by atoms with Crippen LogP contribution in [0.3, 0.4) is 0 Å². The Morgan fingerprint density at radius 1 is 0.921 bits per heavy atom. The van der Waals surface area contributed by atoms with Crippen molar-refractivity contribution < 1.29 is 28.7 Å². The Bertz CT molecular complexity index is 1390. The van der Waals surface area contributed by atoms with Crippen LogP contribution in [0.25, 0.3) is 6.08 Å². The first-order chi connectivity index (χ1) is 18.3. The van der Waals surface area contributed by atoms with E-state index in [9.17, 15) is 19.2 Å². The highest BCUT2D eigenvalue weighted by molar-refractivity contribution is 8.18. The fourth-order valence-electron chi connectivity index (χ4n) is 3.51. The van der Waals surface area contributed by atoms with Gasteiger partial charge in [-0.15, -0.1) is 0 Å². The van der Waals surface area contributed by atoms with Gasteiger partial charge in [0.25, 0.3) is 17.1 Å². The lowest BCUT2D eigenvalue weighted by Crippen LogP contribution is -2.36. The van der Waals surface area contributed by atoms with E-state index < -0.39 is 23.6 Å². The van der Waals surface area contributed by atoms with Crippen LogP contribution in [-0.2, 0) is 14.4 Å². The summed E-state index contributed by atoms with van der Waals surface area (Å²) in [5.74, 6) is -0.424. The Morgan fingerprint density at radius 3 is 2.34 bits per heavy atom. The number of hydrogen-bond donors (Lipinski definition) is 2. The number of carbonyl (C=O) groups excluding carboxylic acids is 4. The molecule has 0 atom stereocenters. The zero-order chi connectivity index (χ0) is 27.1. The summed E-state index contributed by atoms with van der Waals surface area (Å²) >= 11 is 0.762. The number of carbonyl (C=O) groups is 4. The molecule has 3 aromatic rings. The number of aryl methyl sites for hydroxylation is 1. The van der Waals surface area contributed by atoms with E-state index in [0.717, 1.165) is 22.2 Å². The summed E-state index contributed by atoms with van der Waals surface area (Å²) < 4.78 is 10.7. The van der Waals surface area contributed by atoms with E-state index >= 15 is 0 Å². The van der Waals surface area contributed by atoms with Crippen LogP contribution >= 0.6 is 11.8 Å². The second-order valence-electron chi connectivity index (χ2n) is 8.29.